The Hall–Kier alpha value is -3.37. The molecule has 7 nitrogen and oxygen atoms in total. The van der Waals surface area contributed by atoms with Crippen LogP contribution in [0.3, 0.4) is 0 Å². The van der Waals surface area contributed by atoms with Gasteiger partial charge in [0.1, 0.15) is 6.10 Å². The van der Waals surface area contributed by atoms with Gasteiger partial charge in [-0.05, 0) is 74.7 Å². The van der Waals surface area contributed by atoms with Crippen LogP contribution in [0.2, 0.25) is 0 Å². The van der Waals surface area contributed by atoms with Crippen molar-refractivity contribution < 1.29 is 37.3 Å². The van der Waals surface area contributed by atoms with Crippen LogP contribution in [0.1, 0.15) is 48.4 Å². The number of ether oxygens (including phenoxy) is 2. The van der Waals surface area contributed by atoms with E-state index in [2.05, 4.69) is 4.90 Å². The van der Waals surface area contributed by atoms with Crippen molar-refractivity contribution in [2.75, 3.05) is 20.6 Å². The van der Waals surface area contributed by atoms with Crippen LogP contribution in [0.5, 0.6) is 11.5 Å². The monoisotopic (exact) mass is 556 g/mol. The van der Waals surface area contributed by atoms with E-state index in [1.54, 1.807) is 18.0 Å². The van der Waals surface area contributed by atoms with Crippen molar-refractivity contribution >= 4 is 18.0 Å². The Balaban J connectivity index is 1.34. The Morgan fingerprint density at radius 1 is 1.18 bits per heavy atom. The molecule has 2 aromatic carbocycles. The van der Waals surface area contributed by atoms with E-state index in [0.29, 0.717) is 42.7 Å². The van der Waals surface area contributed by atoms with Crippen LogP contribution in [-0.4, -0.2) is 71.2 Å². The van der Waals surface area contributed by atoms with Crippen LogP contribution in [-0.2, 0) is 27.6 Å². The highest BCUT2D eigenvalue weighted by Gasteiger charge is 2.73. The summed E-state index contributed by atoms with van der Waals surface area (Å²) >= 11 is 0. The van der Waals surface area contributed by atoms with Gasteiger partial charge in [0.15, 0.2) is 11.5 Å². The second-order valence-corrected chi connectivity index (χ2v) is 11.4. The number of aliphatic hydroxyl groups is 1. The summed E-state index contributed by atoms with van der Waals surface area (Å²) in [5.41, 5.74) is -0.222. The van der Waals surface area contributed by atoms with E-state index >= 15 is 0 Å². The molecule has 1 N–H and O–H groups in total. The molecule has 4 aliphatic rings. The molecule has 10 heteroatoms. The molecule has 5 atom stereocenters. The van der Waals surface area contributed by atoms with E-state index in [1.165, 1.54) is 31.2 Å². The molecule has 1 spiro atoms. The van der Waals surface area contributed by atoms with Crippen molar-refractivity contribution in [2.24, 2.45) is 0 Å². The largest absolute Gasteiger partial charge is 0.483 e. The van der Waals surface area contributed by atoms with Crippen molar-refractivity contribution in [1.29, 1.82) is 0 Å². The maximum Gasteiger partial charge on any atom is 0.416 e. The summed E-state index contributed by atoms with van der Waals surface area (Å²) in [7, 11) is 3.70. The number of hydrogen-bond donors (Lipinski definition) is 1. The number of esters is 1. The summed E-state index contributed by atoms with van der Waals surface area (Å²) in [6.07, 6.45) is 0.0515. The fourth-order valence-electron chi connectivity index (χ4n) is 7.58. The molecule has 1 saturated heterocycles. The maximum absolute atomic E-state index is 13.3. The van der Waals surface area contributed by atoms with E-state index in [9.17, 15) is 27.9 Å². The second-order valence-electron chi connectivity index (χ2n) is 11.4. The number of hydrogen-bond acceptors (Lipinski definition) is 6. The molecule has 1 saturated carbocycles. The molecule has 2 unspecified atom stereocenters. The van der Waals surface area contributed by atoms with Gasteiger partial charge in [-0.25, -0.2) is 0 Å². The Morgan fingerprint density at radius 3 is 2.58 bits per heavy atom. The second kappa shape index (κ2) is 9.07. The lowest BCUT2D eigenvalue weighted by atomic mass is 9.48. The van der Waals surface area contributed by atoms with Crippen LogP contribution in [0, 0.1) is 0 Å². The number of alkyl halides is 3. The molecule has 6 rings (SSSR count). The standard InChI is InChI=1S/C30H31F3N2O5/c1-17(36)39-22-10-7-19-16-23-29(38)13-12-21(27-28(29,14-15-34(23)2)25(19)26(22)40-27)35(3)24(37)11-6-18-4-8-20(9-5-18)30(31,32)33/h4-11,21,23,27,38H,12-16H2,1-3H3/b11-6+/t21?,23-,27?,28+,29-/m1/s1. The Morgan fingerprint density at radius 2 is 1.90 bits per heavy atom. The first-order valence-corrected chi connectivity index (χ1v) is 13.4. The predicted octanol–water partition coefficient (Wildman–Crippen LogP) is 3.96. The molecule has 0 radical (unpaired) electrons. The van der Waals surface area contributed by atoms with Gasteiger partial charge in [-0.3, -0.25) is 9.59 Å². The van der Waals surface area contributed by atoms with E-state index in [-0.39, 0.29) is 11.9 Å². The van der Waals surface area contributed by atoms with Crippen molar-refractivity contribution in [3.63, 3.8) is 0 Å². The topological polar surface area (TPSA) is 79.3 Å². The van der Waals surface area contributed by atoms with E-state index in [4.69, 9.17) is 9.47 Å². The summed E-state index contributed by atoms with van der Waals surface area (Å²) in [6.45, 7) is 2.06. The molecule has 2 fully saturated rings. The number of piperidine rings is 1. The summed E-state index contributed by atoms with van der Waals surface area (Å²) in [4.78, 5) is 29.0. The maximum atomic E-state index is 13.3. The van der Waals surface area contributed by atoms with Crippen LogP contribution in [0.4, 0.5) is 13.2 Å². The predicted molar refractivity (Wildman–Crippen MR) is 140 cm³/mol. The van der Waals surface area contributed by atoms with Gasteiger partial charge in [-0.2, -0.15) is 13.2 Å². The Bertz CT molecular complexity index is 1410. The number of likely N-dealkylation sites (N-methyl/N-ethyl adjacent to an activating group) is 2. The van der Waals surface area contributed by atoms with Crippen LogP contribution in [0.25, 0.3) is 6.08 Å². The van der Waals surface area contributed by atoms with Gasteiger partial charge in [0.25, 0.3) is 0 Å². The number of rotatable bonds is 4. The van der Waals surface area contributed by atoms with Gasteiger partial charge in [-0.15, -0.1) is 0 Å². The molecule has 212 valence electrons. The van der Waals surface area contributed by atoms with Crippen molar-refractivity contribution in [1.82, 2.24) is 9.80 Å². The Labute approximate surface area is 230 Å². The molecule has 2 heterocycles. The van der Waals surface area contributed by atoms with Gasteiger partial charge >= 0.3 is 12.1 Å². The number of amides is 1. The molecule has 1 amide bonds. The third kappa shape index (κ3) is 3.79. The first kappa shape index (κ1) is 26.8. The quantitative estimate of drug-likeness (QED) is 0.349. The van der Waals surface area contributed by atoms with Crippen molar-refractivity contribution in [2.45, 2.75) is 68.0 Å². The molecule has 40 heavy (non-hydrogen) atoms. The summed E-state index contributed by atoms with van der Waals surface area (Å²) in [5.74, 6) is -0.0272. The van der Waals surface area contributed by atoms with Crippen LogP contribution < -0.4 is 9.47 Å². The molecule has 2 aliphatic carbocycles. The van der Waals surface area contributed by atoms with E-state index in [0.717, 1.165) is 29.8 Å². The molecule has 2 aromatic rings. The van der Waals surface area contributed by atoms with Crippen LogP contribution in [0.15, 0.2) is 42.5 Å². The molecular formula is C30H31F3N2O5. The number of likely N-dealkylation sites (tertiary alicyclic amines) is 1. The average Bonchev–Trinajstić information content (AvgIpc) is 3.25. The van der Waals surface area contributed by atoms with Gasteiger partial charge < -0.3 is 24.4 Å². The van der Waals surface area contributed by atoms with Crippen LogP contribution >= 0.6 is 0 Å². The summed E-state index contributed by atoms with van der Waals surface area (Å²) in [6, 6.07) is 7.78. The van der Waals surface area contributed by atoms with Crippen molar-refractivity contribution in [3.05, 3.63) is 64.7 Å². The third-order valence-corrected chi connectivity index (χ3v) is 9.44. The number of carbonyl (C=O) groups is 2. The van der Waals surface area contributed by atoms with Gasteiger partial charge in [0.05, 0.1) is 22.6 Å². The fraction of sp³-hybridized carbons (Fsp3) is 0.467. The first-order valence-electron chi connectivity index (χ1n) is 13.4. The minimum absolute atomic E-state index is 0.119. The zero-order chi connectivity index (χ0) is 28.6. The van der Waals surface area contributed by atoms with Crippen molar-refractivity contribution in [3.8, 4) is 11.5 Å². The van der Waals surface area contributed by atoms with E-state index < -0.39 is 40.9 Å². The molecule has 2 bridgehead atoms. The lowest BCUT2D eigenvalue weighted by Gasteiger charge is -2.64. The highest BCUT2D eigenvalue weighted by molar-refractivity contribution is 5.92. The van der Waals surface area contributed by atoms with Gasteiger partial charge in [-0.1, -0.05) is 18.2 Å². The van der Waals surface area contributed by atoms with E-state index in [1.807, 2.05) is 13.1 Å². The average molecular weight is 557 g/mol. The zero-order valence-corrected chi connectivity index (χ0v) is 22.5. The van der Waals surface area contributed by atoms with Gasteiger partial charge in [0.2, 0.25) is 5.91 Å². The third-order valence-electron chi connectivity index (χ3n) is 9.44. The number of nitrogens with zero attached hydrogens (tertiary/aromatic N) is 2. The van der Waals surface area contributed by atoms with Gasteiger partial charge in [0, 0.05) is 31.7 Å². The lowest BCUT2D eigenvalue weighted by Crippen LogP contribution is -2.77. The smallest absolute Gasteiger partial charge is 0.416 e. The number of carbonyl (C=O) groups excluding carboxylic acids is 2. The minimum atomic E-state index is -4.43. The fourth-order valence-corrected chi connectivity index (χ4v) is 7.58. The SMILES string of the molecule is CC(=O)Oc1ccc2c3c1OC1C(N(C)C(=O)/C=C/c4ccc(C(F)(F)F)cc4)CC[C@@]4(O)[C@@H](C2)N(C)CC[C@]314. The highest BCUT2D eigenvalue weighted by Crippen LogP contribution is 2.65. The number of benzene rings is 2. The normalized spacial score (nSPS) is 30.5. The summed E-state index contributed by atoms with van der Waals surface area (Å²) < 4.78 is 50.8. The minimum Gasteiger partial charge on any atom is -0.483 e. The molecule has 0 aromatic heterocycles. The number of halogens is 3. The summed E-state index contributed by atoms with van der Waals surface area (Å²) in [5, 5.41) is 12.4. The Kier molecular flexibility index (Phi) is 6.09. The zero-order valence-electron chi connectivity index (χ0n) is 22.5. The first-order chi connectivity index (χ1) is 18.9. The molecule has 2 aliphatic heterocycles. The lowest BCUT2D eigenvalue weighted by molar-refractivity contribution is -0.195. The highest BCUT2D eigenvalue weighted by atomic mass is 19.4. The molecular weight excluding hydrogens is 525 g/mol.